The van der Waals surface area contributed by atoms with Crippen molar-refractivity contribution >= 4 is 23.3 Å². The molecule has 158 valence electrons. The summed E-state index contributed by atoms with van der Waals surface area (Å²) in [6.07, 6.45) is 14.1. The summed E-state index contributed by atoms with van der Waals surface area (Å²) in [7, 11) is 0. The number of nitrogens with zero attached hydrogens (tertiary/aromatic N) is 4. The number of aromatic nitrogens is 2. The first-order valence-electron chi connectivity index (χ1n) is 11.8. The van der Waals surface area contributed by atoms with Crippen LogP contribution in [0.3, 0.4) is 0 Å². The molecule has 0 saturated heterocycles. The van der Waals surface area contributed by atoms with Crippen LogP contribution in [0, 0.1) is 0 Å². The Labute approximate surface area is 180 Å². The molecule has 0 N–H and O–H groups in total. The van der Waals surface area contributed by atoms with Crippen molar-refractivity contribution in [3.8, 4) is 0 Å². The third-order valence-corrected chi connectivity index (χ3v) is 7.77. The smallest absolute Gasteiger partial charge is 0.146 e. The number of fused-ring (bicyclic) bond motifs is 4. The number of dihydropyridines is 1. The van der Waals surface area contributed by atoms with Crippen LogP contribution in [-0.2, 0) is 0 Å². The maximum atomic E-state index is 5.30. The molecule has 0 amide bonds. The molecule has 2 aliphatic heterocycles. The van der Waals surface area contributed by atoms with Crippen LogP contribution in [0.15, 0.2) is 27.4 Å². The molecule has 3 aliphatic rings. The van der Waals surface area contributed by atoms with Crippen molar-refractivity contribution in [2.45, 2.75) is 101 Å². The summed E-state index contributed by atoms with van der Waals surface area (Å²) in [5.41, 5.74) is 5.91. The van der Waals surface area contributed by atoms with Gasteiger partial charge in [-0.3, -0.25) is 4.99 Å². The summed E-state index contributed by atoms with van der Waals surface area (Å²) in [4.78, 5) is 18.8. The van der Waals surface area contributed by atoms with Gasteiger partial charge < -0.3 is 4.90 Å². The Bertz CT molecular complexity index is 777. The number of aliphatic imine (C=N–C) groups is 1. The molecule has 1 aromatic rings. The summed E-state index contributed by atoms with van der Waals surface area (Å²) in [5, 5.41) is 0.281. The molecule has 4 rings (SSSR count). The third-order valence-electron chi connectivity index (χ3n) is 6.53. The second-order valence-corrected chi connectivity index (χ2v) is 9.76. The molecule has 4 nitrogen and oxygen atoms in total. The molecule has 0 saturated carbocycles. The molecule has 29 heavy (non-hydrogen) atoms. The van der Waals surface area contributed by atoms with Gasteiger partial charge in [0.2, 0.25) is 0 Å². The van der Waals surface area contributed by atoms with Crippen LogP contribution in [0.5, 0.6) is 0 Å². The molecule has 2 atom stereocenters. The lowest BCUT2D eigenvalue weighted by molar-refractivity contribution is 0.657. The van der Waals surface area contributed by atoms with E-state index in [1.165, 1.54) is 79.9 Å². The molecule has 0 radical (unpaired) electrons. The lowest BCUT2D eigenvalue weighted by Gasteiger charge is -2.26. The number of anilines is 1. The zero-order valence-corrected chi connectivity index (χ0v) is 19.2. The fourth-order valence-corrected chi connectivity index (χ4v) is 6.39. The van der Waals surface area contributed by atoms with Gasteiger partial charge in [0, 0.05) is 18.8 Å². The normalized spacial score (nSPS) is 22.4. The SMILES string of the molecule is CCCCC1=N[C@@H]2Sc3c(ncnc3N(CCCC)CCCC)[C@@H]2C2=C1CCC2. The van der Waals surface area contributed by atoms with Gasteiger partial charge in [0.05, 0.1) is 16.5 Å². The molecule has 3 heterocycles. The Kier molecular flexibility index (Phi) is 6.94. The van der Waals surface area contributed by atoms with Crippen molar-refractivity contribution in [1.82, 2.24) is 9.97 Å². The standard InChI is InChI=1S/C24H36N4S/c1-4-7-13-19-17-11-10-12-18(17)20-21-22(29-24(20)27-19)23(26-16-25-21)28(14-8-5-2)15-9-6-3/h16,20,24H,4-15H2,1-3H3/t20-,24+/m0/s1. The van der Waals surface area contributed by atoms with E-state index in [1.807, 2.05) is 18.1 Å². The van der Waals surface area contributed by atoms with Gasteiger partial charge in [-0.15, -0.1) is 0 Å². The van der Waals surface area contributed by atoms with E-state index < -0.39 is 0 Å². The Morgan fingerprint density at radius 2 is 1.76 bits per heavy atom. The average molecular weight is 413 g/mol. The van der Waals surface area contributed by atoms with Crippen LogP contribution >= 0.6 is 11.8 Å². The van der Waals surface area contributed by atoms with Crippen LogP contribution in [-0.4, -0.2) is 34.1 Å². The van der Waals surface area contributed by atoms with Crippen molar-refractivity contribution in [2.75, 3.05) is 18.0 Å². The second kappa shape index (κ2) is 9.63. The van der Waals surface area contributed by atoms with E-state index in [4.69, 9.17) is 15.0 Å². The predicted molar refractivity (Wildman–Crippen MR) is 124 cm³/mol. The van der Waals surface area contributed by atoms with Crippen molar-refractivity contribution in [3.63, 3.8) is 0 Å². The monoisotopic (exact) mass is 412 g/mol. The zero-order chi connectivity index (χ0) is 20.2. The van der Waals surface area contributed by atoms with Gasteiger partial charge in [-0.1, -0.05) is 57.4 Å². The molecule has 0 spiro atoms. The van der Waals surface area contributed by atoms with Crippen molar-refractivity contribution < 1.29 is 0 Å². The first-order chi connectivity index (χ1) is 14.3. The molecule has 1 aliphatic carbocycles. The van der Waals surface area contributed by atoms with E-state index in [0.29, 0.717) is 5.92 Å². The summed E-state index contributed by atoms with van der Waals surface area (Å²) >= 11 is 1.94. The van der Waals surface area contributed by atoms with Crippen LogP contribution in [0.4, 0.5) is 5.82 Å². The quantitative estimate of drug-likeness (QED) is 0.438. The third kappa shape index (κ3) is 4.12. The molecule has 0 aromatic carbocycles. The zero-order valence-electron chi connectivity index (χ0n) is 18.4. The maximum Gasteiger partial charge on any atom is 0.146 e. The topological polar surface area (TPSA) is 41.4 Å². The minimum absolute atomic E-state index is 0.281. The highest BCUT2D eigenvalue weighted by molar-refractivity contribution is 8.00. The number of rotatable bonds is 10. The minimum atomic E-state index is 0.281. The van der Waals surface area contributed by atoms with Gasteiger partial charge in [0.25, 0.3) is 0 Å². The van der Waals surface area contributed by atoms with Gasteiger partial charge in [-0.2, -0.15) is 0 Å². The van der Waals surface area contributed by atoms with Gasteiger partial charge >= 0.3 is 0 Å². The number of hydrogen-bond donors (Lipinski definition) is 0. The van der Waals surface area contributed by atoms with Gasteiger partial charge in [0.15, 0.2) is 0 Å². The van der Waals surface area contributed by atoms with Crippen molar-refractivity contribution in [1.29, 1.82) is 0 Å². The van der Waals surface area contributed by atoms with Gasteiger partial charge in [-0.25, -0.2) is 9.97 Å². The predicted octanol–water partition coefficient (Wildman–Crippen LogP) is 6.52. The molecule has 5 heteroatoms. The average Bonchev–Trinajstić information content (AvgIpc) is 3.36. The van der Waals surface area contributed by atoms with E-state index >= 15 is 0 Å². The van der Waals surface area contributed by atoms with Crippen molar-refractivity contribution in [3.05, 3.63) is 23.2 Å². The maximum absolute atomic E-state index is 5.30. The minimum Gasteiger partial charge on any atom is -0.356 e. The summed E-state index contributed by atoms with van der Waals surface area (Å²) in [6.45, 7) is 9.00. The van der Waals surface area contributed by atoms with E-state index in [0.717, 1.165) is 19.5 Å². The fourth-order valence-electron chi connectivity index (χ4n) is 4.95. The van der Waals surface area contributed by atoms with Crippen LogP contribution < -0.4 is 4.90 Å². The number of thioether (sulfide) groups is 1. The first kappa shape index (κ1) is 20.9. The Morgan fingerprint density at radius 3 is 2.48 bits per heavy atom. The summed E-state index contributed by atoms with van der Waals surface area (Å²) in [5.74, 6) is 1.56. The van der Waals surface area contributed by atoms with Gasteiger partial charge in [0.1, 0.15) is 17.5 Å². The van der Waals surface area contributed by atoms with Crippen molar-refractivity contribution in [2.24, 2.45) is 4.99 Å². The highest BCUT2D eigenvalue weighted by Gasteiger charge is 2.44. The van der Waals surface area contributed by atoms with Gasteiger partial charge in [-0.05, 0) is 50.5 Å². The van der Waals surface area contributed by atoms with Crippen LogP contribution in [0.25, 0.3) is 0 Å². The largest absolute Gasteiger partial charge is 0.356 e. The van der Waals surface area contributed by atoms with E-state index in [2.05, 4.69) is 25.7 Å². The molecule has 0 bridgehead atoms. The molecule has 0 unspecified atom stereocenters. The molecular weight excluding hydrogens is 376 g/mol. The highest BCUT2D eigenvalue weighted by Crippen LogP contribution is 2.56. The number of hydrogen-bond acceptors (Lipinski definition) is 5. The second-order valence-electron chi connectivity index (χ2n) is 8.63. The highest BCUT2D eigenvalue weighted by atomic mass is 32.2. The van der Waals surface area contributed by atoms with E-state index in [9.17, 15) is 0 Å². The Morgan fingerprint density at radius 1 is 1.00 bits per heavy atom. The number of allylic oxidation sites excluding steroid dienone is 1. The molecular formula is C24H36N4S. The fraction of sp³-hybridized carbons (Fsp3) is 0.708. The van der Waals surface area contributed by atoms with E-state index in [1.54, 1.807) is 11.1 Å². The molecule has 0 fully saturated rings. The lowest BCUT2D eigenvalue weighted by atomic mass is 9.87. The van der Waals surface area contributed by atoms with Crippen LogP contribution in [0.2, 0.25) is 0 Å². The first-order valence-corrected chi connectivity index (χ1v) is 12.7. The summed E-state index contributed by atoms with van der Waals surface area (Å²) in [6, 6.07) is 0. The lowest BCUT2D eigenvalue weighted by Crippen LogP contribution is -2.27. The van der Waals surface area contributed by atoms with E-state index in [-0.39, 0.29) is 5.37 Å². The van der Waals surface area contributed by atoms with Crippen LogP contribution in [0.1, 0.15) is 96.6 Å². The molecule has 1 aromatic heterocycles. The Balaban J connectivity index is 1.67. The number of unbranched alkanes of at least 4 members (excludes halogenated alkanes) is 3. The summed E-state index contributed by atoms with van der Waals surface area (Å²) < 4.78 is 0. The Hall–Kier alpha value is -1.36.